The van der Waals surface area contributed by atoms with E-state index in [1.165, 1.54) is 0 Å². The lowest BCUT2D eigenvalue weighted by molar-refractivity contribution is 0.0950. The zero-order valence-electron chi connectivity index (χ0n) is 12.5. The highest BCUT2D eigenvalue weighted by molar-refractivity contribution is 5.95. The molecule has 3 rings (SSSR count). The van der Waals surface area contributed by atoms with Gasteiger partial charge in [0.15, 0.2) is 0 Å². The van der Waals surface area contributed by atoms with Crippen molar-refractivity contribution < 1.29 is 4.79 Å². The van der Waals surface area contributed by atoms with Gasteiger partial charge in [-0.2, -0.15) is 5.10 Å². The minimum Gasteiger partial charge on any atom is -0.348 e. The lowest BCUT2D eigenvalue weighted by Gasteiger charge is -2.07. The van der Waals surface area contributed by atoms with Crippen LogP contribution < -0.4 is 5.32 Å². The molecule has 22 heavy (non-hydrogen) atoms. The average molecular weight is 294 g/mol. The number of aromatic amines is 1. The number of carbonyl (C=O) groups excluding carboxylic acids is 1. The Bertz CT molecular complexity index is 794. The van der Waals surface area contributed by atoms with Gasteiger partial charge < -0.3 is 5.32 Å². The predicted molar refractivity (Wildman–Crippen MR) is 85.5 cm³/mol. The maximum Gasteiger partial charge on any atom is 0.255 e. The van der Waals surface area contributed by atoms with Crippen LogP contribution in [-0.2, 0) is 13.0 Å². The molecule has 2 heterocycles. The summed E-state index contributed by atoms with van der Waals surface area (Å²) in [5, 5.41) is 12.0. The van der Waals surface area contributed by atoms with Gasteiger partial charge in [-0.15, -0.1) is 0 Å². The van der Waals surface area contributed by atoms with Crippen molar-refractivity contribution in [2.75, 3.05) is 0 Å². The van der Waals surface area contributed by atoms with Crippen molar-refractivity contribution in [1.82, 2.24) is 20.5 Å². The molecule has 2 aromatic heterocycles. The Hall–Kier alpha value is -2.69. The van der Waals surface area contributed by atoms with Crippen LogP contribution in [0, 0.1) is 0 Å². The molecule has 1 amide bonds. The van der Waals surface area contributed by atoms with Crippen LogP contribution in [0.2, 0.25) is 0 Å². The molecule has 0 unspecified atom stereocenters. The second-order valence-electron chi connectivity index (χ2n) is 5.25. The first-order valence-corrected chi connectivity index (χ1v) is 7.41. The Kier molecular flexibility index (Phi) is 4.14. The summed E-state index contributed by atoms with van der Waals surface area (Å²) in [6.45, 7) is 2.57. The normalized spacial score (nSPS) is 10.8. The van der Waals surface area contributed by atoms with Crippen LogP contribution in [-0.4, -0.2) is 21.1 Å². The molecule has 1 aromatic carbocycles. The maximum atomic E-state index is 12.3. The van der Waals surface area contributed by atoms with Crippen molar-refractivity contribution in [1.29, 1.82) is 0 Å². The molecule has 5 nitrogen and oxygen atoms in total. The lowest BCUT2D eigenvalue weighted by Crippen LogP contribution is -2.23. The van der Waals surface area contributed by atoms with E-state index >= 15 is 0 Å². The molecule has 0 fully saturated rings. The number of carbonyl (C=O) groups is 1. The third kappa shape index (κ3) is 2.98. The van der Waals surface area contributed by atoms with Crippen LogP contribution in [0.4, 0.5) is 0 Å². The van der Waals surface area contributed by atoms with E-state index in [2.05, 4.69) is 33.5 Å². The van der Waals surface area contributed by atoms with Gasteiger partial charge in [0.05, 0.1) is 11.8 Å². The first kappa shape index (κ1) is 14.3. The summed E-state index contributed by atoms with van der Waals surface area (Å²) >= 11 is 0. The van der Waals surface area contributed by atoms with E-state index in [0.717, 1.165) is 34.9 Å². The zero-order chi connectivity index (χ0) is 15.4. The van der Waals surface area contributed by atoms with E-state index in [4.69, 9.17) is 0 Å². The molecule has 0 bridgehead atoms. The maximum absolute atomic E-state index is 12.3. The summed E-state index contributed by atoms with van der Waals surface area (Å²) in [6.07, 6.45) is 6.99. The van der Waals surface area contributed by atoms with E-state index in [1.807, 2.05) is 24.4 Å². The van der Waals surface area contributed by atoms with Crippen LogP contribution in [0.25, 0.3) is 10.8 Å². The number of pyridine rings is 1. The molecule has 0 spiro atoms. The Morgan fingerprint density at radius 2 is 2.14 bits per heavy atom. The first-order valence-electron chi connectivity index (χ1n) is 7.41. The number of aromatic nitrogens is 3. The van der Waals surface area contributed by atoms with Crippen molar-refractivity contribution >= 4 is 16.7 Å². The van der Waals surface area contributed by atoms with Crippen molar-refractivity contribution in [2.45, 2.75) is 26.3 Å². The molecule has 5 heteroatoms. The number of fused-ring (bicyclic) bond motifs is 1. The van der Waals surface area contributed by atoms with Gasteiger partial charge in [-0.05, 0) is 29.5 Å². The van der Waals surface area contributed by atoms with Gasteiger partial charge in [0.1, 0.15) is 0 Å². The third-order valence-corrected chi connectivity index (χ3v) is 3.62. The molecule has 0 saturated heterocycles. The average Bonchev–Trinajstić information content (AvgIpc) is 3.01. The number of nitrogens with zero attached hydrogens (tertiary/aromatic N) is 2. The molecular formula is C17H18N4O. The number of benzene rings is 1. The Labute approximate surface area is 128 Å². The van der Waals surface area contributed by atoms with E-state index in [9.17, 15) is 4.79 Å². The van der Waals surface area contributed by atoms with Gasteiger partial charge in [-0.3, -0.25) is 14.9 Å². The molecule has 0 aliphatic carbocycles. The van der Waals surface area contributed by atoms with Crippen LogP contribution in [0.1, 0.15) is 35.0 Å². The summed E-state index contributed by atoms with van der Waals surface area (Å²) in [7, 11) is 0. The Balaban J connectivity index is 1.70. The fourth-order valence-electron chi connectivity index (χ4n) is 2.47. The van der Waals surface area contributed by atoms with Gasteiger partial charge in [-0.25, -0.2) is 0 Å². The molecule has 0 atom stereocenters. The van der Waals surface area contributed by atoms with Crippen LogP contribution in [0.15, 0.2) is 42.9 Å². The predicted octanol–water partition coefficient (Wildman–Crippen LogP) is 2.84. The number of hydrogen-bond donors (Lipinski definition) is 2. The number of amides is 1. The van der Waals surface area contributed by atoms with Gasteiger partial charge in [-0.1, -0.05) is 25.5 Å². The highest BCUT2D eigenvalue weighted by Gasteiger charge is 2.12. The van der Waals surface area contributed by atoms with E-state index in [1.54, 1.807) is 12.4 Å². The van der Waals surface area contributed by atoms with Crippen LogP contribution in [0.3, 0.4) is 0 Å². The van der Waals surface area contributed by atoms with E-state index in [0.29, 0.717) is 12.1 Å². The van der Waals surface area contributed by atoms with Crippen molar-refractivity contribution in [2.24, 2.45) is 0 Å². The van der Waals surface area contributed by atoms with Crippen LogP contribution in [0.5, 0.6) is 0 Å². The number of hydrogen-bond acceptors (Lipinski definition) is 3. The zero-order valence-corrected chi connectivity index (χ0v) is 12.5. The topological polar surface area (TPSA) is 70.7 Å². The number of H-pyrrole nitrogens is 1. The summed E-state index contributed by atoms with van der Waals surface area (Å²) in [5.74, 6) is -0.0907. The molecule has 0 aliphatic rings. The molecule has 112 valence electrons. The molecule has 2 N–H and O–H groups in total. The van der Waals surface area contributed by atoms with Crippen LogP contribution >= 0.6 is 0 Å². The second kappa shape index (κ2) is 6.39. The summed E-state index contributed by atoms with van der Waals surface area (Å²) in [6, 6.07) is 8.06. The fraction of sp³-hybridized carbons (Fsp3) is 0.235. The minimum absolute atomic E-state index is 0.0907. The largest absolute Gasteiger partial charge is 0.348 e. The van der Waals surface area contributed by atoms with Crippen molar-refractivity contribution in [3.63, 3.8) is 0 Å². The smallest absolute Gasteiger partial charge is 0.255 e. The van der Waals surface area contributed by atoms with E-state index in [-0.39, 0.29) is 5.91 Å². The highest BCUT2D eigenvalue weighted by atomic mass is 16.1. The molecule has 0 radical (unpaired) electrons. The molecule has 3 aromatic rings. The van der Waals surface area contributed by atoms with Gasteiger partial charge in [0.25, 0.3) is 5.91 Å². The summed E-state index contributed by atoms with van der Waals surface area (Å²) in [5.41, 5.74) is 2.59. The van der Waals surface area contributed by atoms with E-state index < -0.39 is 0 Å². The SMILES string of the molecule is CCCc1[nH]ncc1C(=O)NCc1ccc2cnccc2c1. The quantitative estimate of drug-likeness (QED) is 0.760. The Morgan fingerprint density at radius 3 is 3.00 bits per heavy atom. The van der Waals surface area contributed by atoms with Gasteiger partial charge in [0, 0.05) is 30.0 Å². The lowest BCUT2D eigenvalue weighted by atomic mass is 10.1. The van der Waals surface area contributed by atoms with Crippen molar-refractivity contribution in [3.8, 4) is 0 Å². The molecule has 0 aliphatic heterocycles. The van der Waals surface area contributed by atoms with Crippen molar-refractivity contribution in [3.05, 3.63) is 59.7 Å². The van der Waals surface area contributed by atoms with Gasteiger partial charge in [0.2, 0.25) is 0 Å². The number of nitrogens with one attached hydrogen (secondary N) is 2. The monoisotopic (exact) mass is 294 g/mol. The summed E-state index contributed by atoms with van der Waals surface area (Å²) in [4.78, 5) is 16.4. The number of aryl methyl sites for hydroxylation is 1. The van der Waals surface area contributed by atoms with Gasteiger partial charge >= 0.3 is 0 Å². The Morgan fingerprint density at radius 1 is 1.23 bits per heavy atom. The fourth-order valence-corrected chi connectivity index (χ4v) is 2.47. The highest BCUT2D eigenvalue weighted by Crippen LogP contribution is 2.14. The summed E-state index contributed by atoms with van der Waals surface area (Å²) < 4.78 is 0. The molecule has 0 saturated carbocycles. The standard InChI is InChI=1S/C17H18N4O/c1-2-3-16-15(11-20-21-16)17(22)19-9-12-4-5-14-10-18-7-6-13(14)8-12/h4-8,10-11H,2-3,9H2,1H3,(H,19,22)(H,20,21). The first-order chi connectivity index (χ1) is 10.8. The second-order valence-corrected chi connectivity index (χ2v) is 5.25. The minimum atomic E-state index is -0.0907. The third-order valence-electron chi connectivity index (χ3n) is 3.62. The number of rotatable bonds is 5. The molecular weight excluding hydrogens is 276 g/mol.